The second-order valence-electron chi connectivity index (χ2n) is 1.57. The monoisotopic (exact) mass is 151 g/mol. The molecule has 0 spiro atoms. The second-order valence-corrected chi connectivity index (χ2v) is 1.57. The van der Waals surface area contributed by atoms with E-state index >= 15 is 0 Å². The first-order valence-electron chi connectivity index (χ1n) is 2.66. The topological polar surface area (TPSA) is 49.7 Å². The van der Waals surface area contributed by atoms with Crippen LogP contribution in [0, 0.1) is 0 Å². The van der Waals surface area contributed by atoms with Crippen molar-refractivity contribution in [3.8, 4) is 0 Å². The van der Waals surface area contributed by atoms with Crippen molar-refractivity contribution in [3.63, 3.8) is 0 Å². The van der Waals surface area contributed by atoms with Crippen molar-refractivity contribution >= 4 is 11.5 Å². The first-order chi connectivity index (χ1) is 4.63. The molecule has 0 aliphatic heterocycles. The highest BCUT2D eigenvalue weighted by Gasteiger charge is 2.20. The number of halogens is 2. The van der Waals surface area contributed by atoms with E-state index in [9.17, 15) is 13.6 Å². The number of alkyl halides is 2. The summed E-state index contributed by atoms with van der Waals surface area (Å²) in [5.41, 5.74) is -0.491. The van der Waals surface area contributed by atoms with Crippen LogP contribution < -0.4 is 0 Å². The van der Waals surface area contributed by atoms with E-state index in [1.165, 1.54) is 6.92 Å². The Kier molecular flexibility index (Phi) is 3.53. The summed E-state index contributed by atoms with van der Waals surface area (Å²) in [4.78, 5) is 10.3. The summed E-state index contributed by atoms with van der Waals surface area (Å²) < 4.78 is 23.0. The SMILES string of the molecule is CC/C(=N/O)C(=O)C(F)F. The lowest BCUT2D eigenvalue weighted by atomic mass is 10.2. The molecule has 5 heteroatoms. The summed E-state index contributed by atoms with van der Waals surface area (Å²) in [6, 6.07) is 0. The van der Waals surface area contributed by atoms with Crippen LogP contribution in [0.25, 0.3) is 0 Å². The molecule has 3 nitrogen and oxygen atoms in total. The number of hydrogen-bond acceptors (Lipinski definition) is 3. The molecule has 0 aromatic heterocycles. The third-order valence-corrected chi connectivity index (χ3v) is 0.938. The number of ketones is 1. The molecule has 0 aromatic carbocycles. The Morgan fingerprint density at radius 1 is 1.70 bits per heavy atom. The van der Waals surface area contributed by atoms with E-state index in [1.54, 1.807) is 0 Å². The van der Waals surface area contributed by atoms with Gasteiger partial charge in [0.25, 0.3) is 0 Å². The Morgan fingerprint density at radius 2 is 2.20 bits per heavy atom. The molecule has 0 saturated carbocycles. The summed E-state index contributed by atoms with van der Waals surface area (Å²) in [6.45, 7) is 1.45. The van der Waals surface area contributed by atoms with Gasteiger partial charge < -0.3 is 5.21 Å². The van der Waals surface area contributed by atoms with Gasteiger partial charge in [0.2, 0.25) is 5.78 Å². The highest BCUT2D eigenvalue weighted by atomic mass is 19.3. The summed E-state index contributed by atoms with van der Waals surface area (Å²) in [5, 5.41) is 10.4. The Hall–Kier alpha value is -1.00. The minimum Gasteiger partial charge on any atom is -0.411 e. The van der Waals surface area contributed by atoms with Gasteiger partial charge in [-0.25, -0.2) is 8.78 Å². The molecule has 0 fully saturated rings. The standard InChI is InChI=1S/C5H7F2NO2/c1-2-3(8-10)4(9)5(6)7/h5,10H,2H2,1H3/b8-3-. The summed E-state index contributed by atoms with van der Waals surface area (Å²) in [7, 11) is 0. The highest BCUT2D eigenvalue weighted by molar-refractivity contribution is 6.40. The van der Waals surface area contributed by atoms with Gasteiger partial charge in [-0.2, -0.15) is 0 Å². The van der Waals surface area contributed by atoms with E-state index in [4.69, 9.17) is 5.21 Å². The first-order valence-corrected chi connectivity index (χ1v) is 2.66. The molecular formula is C5H7F2NO2. The molecule has 0 aliphatic rings. The van der Waals surface area contributed by atoms with Gasteiger partial charge >= 0.3 is 6.43 Å². The highest BCUT2D eigenvalue weighted by Crippen LogP contribution is 1.98. The summed E-state index contributed by atoms with van der Waals surface area (Å²) in [5.74, 6) is -1.41. The molecule has 0 unspecified atom stereocenters. The molecule has 0 radical (unpaired) electrons. The molecule has 0 heterocycles. The third kappa shape index (κ3) is 2.08. The van der Waals surface area contributed by atoms with Gasteiger partial charge in [-0.05, 0) is 6.42 Å². The van der Waals surface area contributed by atoms with Crippen LogP contribution in [0.1, 0.15) is 13.3 Å². The van der Waals surface area contributed by atoms with Crippen molar-refractivity contribution < 1.29 is 18.8 Å². The van der Waals surface area contributed by atoms with Gasteiger partial charge in [-0.1, -0.05) is 12.1 Å². The molecule has 0 rings (SSSR count). The second kappa shape index (κ2) is 3.92. The van der Waals surface area contributed by atoms with Crippen LogP contribution in [0.3, 0.4) is 0 Å². The molecule has 10 heavy (non-hydrogen) atoms. The Balaban J connectivity index is 4.18. The first kappa shape index (κ1) is 9.00. The average Bonchev–Trinajstić information content (AvgIpc) is 1.90. The van der Waals surface area contributed by atoms with Crippen LogP contribution in [0.15, 0.2) is 5.16 Å². The molecule has 0 bridgehead atoms. The fraction of sp³-hybridized carbons (Fsp3) is 0.600. The molecule has 0 aromatic rings. The lowest BCUT2D eigenvalue weighted by Gasteiger charge is -1.96. The lowest BCUT2D eigenvalue weighted by Crippen LogP contribution is -2.20. The largest absolute Gasteiger partial charge is 0.411 e. The van der Waals surface area contributed by atoms with Gasteiger partial charge in [0, 0.05) is 0 Å². The summed E-state index contributed by atoms with van der Waals surface area (Å²) in [6.07, 6.45) is -3.06. The van der Waals surface area contributed by atoms with Gasteiger partial charge in [0.1, 0.15) is 5.71 Å². The van der Waals surface area contributed by atoms with Crippen LogP contribution in [-0.4, -0.2) is 23.1 Å². The van der Waals surface area contributed by atoms with E-state index in [1.807, 2.05) is 0 Å². The Morgan fingerprint density at radius 3 is 2.30 bits per heavy atom. The van der Waals surface area contributed by atoms with Crippen LogP contribution in [0.4, 0.5) is 8.78 Å². The minimum atomic E-state index is -3.08. The van der Waals surface area contributed by atoms with Crippen molar-refractivity contribution in [1.82, 2.24) is 0 Å². The van der Waals surface area contributed by atoms with Crippen LogP contribution in [0.2, 0.25) is 0 Å². The smallest absolute Gasteiger partial charge is 0.301 e. The number of rotatable bonds is 3. The molecule has 0 aliphatic carbocycles. The predicted octanol–water partition coefficient (Wildman–Crippen LogP) is 1.06. The van der Waals surface area contributed by atoms with E-state index in [0.717, 1.165) is 0 Å². The number of Topliss-reactive ketones (excluding diaryl/α,β-unsaturated/α-hetero) is 1. The molecular weight excluding hydrogens is 144 g/mol. The van der Waals surface area contributed by atoms with Gasteiger partial charge in [-0.3, -0.25) is 4.79 Å². The van der Waals surface area contributed by atoms with E-state index in [0.29, 0.717) is 0 Å². The number of oxime groups is 1. The van der Waals surface area contributed by atoms with E-state index in [2.05, 4.69) is 5.16 Å². The van der Waals surface area contributed by atoms with Crippen LogP contribution in [-0.2, 0) is 4.79 Å². The van der Waals surface area contributed by atoms with E-state index < -0.39 is 17.9 Å². The minimum absolute atomic E-state index is 0.0136. The van der Waals surface area contributed by atoms with Crippen molar-refractivity contribution in [2.24, 2.45) is 5.16 Å². The average molecular weight is 151 g/mol. The maximum atomic E-state index is 11.5. The van der Waals surface area contributed by atoms with Gasteiger partial charge in [-0.15, -0.1) is 0 Å². The molecule has 0 saturated heterocycles. The quantitative estimate of drug-likeness (QED) is 0.372. The summed E-state index contributed by atoms with van der Waals surface area (Å²) >= 11 is 0. The fourth-order valence-corrected chi connectivity index (χ4v) is 0.420. The van der Waals surface area contributed by atoms with Crippen molar-refractivity contribution in [1.29, 1.82) is 0 Å². The third-order valence-electron chi connectivity index (χ3n) is 0.938. The zero-order chi connectivity index (χ0) is 8.15. The Bertz CT molecular complexity index is 156. The maximum Gasteiger partial charge on any atom is 0.301 e. The maximum absolute atomic E-state index is 11.5. The molecule has 58 valence electrons. The number of hydrogen-bond donors (Lipinski definition) is 1. The van der Waals surface area contributed by atoms with Crippen LogP contribution in [0.5, 0.6) is 0 Å². The molecule has 1 N–H and O–H groups in total. The normalized spacial score (nSPS) is 12.2. The number of carbonyl (C=O) groups excluding carboxylic acids is 1. The zero-order valence-electron chi connectivity index (χ0n) is 5.34. The van der Waals surface area contributed by atoms with Crippen molar-refractivity contribution in [2.45, 2.75) is 19.8 Å². The predicted molar refractivity (Wildman–Crippen MR) is 30.5 cm³/mol. The van der Waals surface area contributed by atoms with Gasteiger partial charge in [0.05, 0.1) is 0 Å². The zero-order valence-corrected chi connectivity index (χ0v) is 5.34. The Labute approximate surface area is 56.3 Å². The number of nitrogens with zero attached hydrogens (tertiary/aromatic N) is 1. The van der Waals surface area contributed by atoms with Crippen molar-refractivity contribution in [2.75, 3.05) is 0 Å². The van der Waals surface area contributed by atoms with Gasteiger partial charge in [0.15, 0.2) is 0 Å². The molecule has 0 amide bonds. The van der Waals surface area contributed by atoms with Crippen molar-refractivity contribution in [3.05, 3.63) is 0 Å². The number of carbonyl (C=O) groups is 1. The molecule has 0 atom stereocenters. The lowest BCUT2D eigenvalue weighted by molar-refractivity contribution is -0.122. The van der Waals surface area contributed by atoms with Crippen LogP contribution >= 0.6 is 0 Å². The van der Waals surface area contributed by atoms with E-state index in [-0.39, 0.29) is 6.42 Å². The fourth-order valence-electron chi connectivity index (χ4n) is 0.420.